The molecule has 4 rings (SSSR count). The molecule has 0 saturated heterocycles. The van der Waals surface area contributed by atoms with Gasteiger partial charge in [-0.15, -0.1) is 0 Å². The van der Waals surface area contributed by atoms with Crippen LogP contribution < -0.4 is 39.9 Å². The molecule has 0 aromatic heterocycles. The number of benzene rings is 3. The Morgan fingerprint density at radius 3 is 1.50 bits per heavy atom. The van der Waals surface area contributed by atoms with Crippen LogP contribution in [0, 0.1) is 0 Å². The highest BCUT2D eigenvalue weighted by atomic mass is 127. The van der Waals surface area contributed by atoms with Gasteiger partial charge in [0, 0.05) is 0 Å². The Morgan fingerprint density at radius 2 is 1.07 bits per heavy atom. The molecule has 0 radical (unpaired) electrons. The first-order valence-electron chi connectivity index (χ1n) is 10.1. The average molecular weight is 520 g/mol. The Morgan fingerprint density at radius 1 is 0.633 bits per heavy atom. The largest absolute Gasteiger partial charge is 1.00 e. The first-order valence-corrected chi connectivity index (χ1v) is 12.1. The molecule has 0 bridgehead atoms. The van der Waals surface area contributed by atoms with Gasteiger partial charge >= 0.3 is 0 Å². The molecule has 0 aliphatic heterocycles. The minimum Gasteiger partial charge on any atom is -1.00 e. The Labute approximate surface area is 198 Å². The van der Waals surface area contributed by atoms with E-state index < -0.39 is 7.26 Å². The standard InChI is InChI=1S/C28H26P.HI/c1-5-15-25(16-6-1)17-13-14-24-29(26-18-7-2-8-19-26,27-20-9-3-10-21-27)28-22-11-4-12-23-28;/h2-23H,1,24H2;1H/q+1;/p-1. The van der Waals surface area contributed by atoms with Gasteiger partial charge in [-0.2, -0.15) is 0 Å². The average Bonchev–Trinajstić information content (AvgIpc) is 2.82. The van der Waals surface area contributed by atoms with E-state index in [2.05, 4.69) is 134 Å². The van der Waals surface area contributed by atoms with Crippen LogP contribution in [0.2, 0.25) is 0 Å². The minimum absolute atomic E-state index is 0. The van der Waals surface area contributed by atoms with Gasteiger partial charge in [-0.25, -0.2) is 0 Å². The van der Waals surface area contributed by atoms with E-state index in [9.17, 15) is 0 Å². The molecule has 0 unspecified atom stereocenters. The van der Waals surface area contributed by atoms with Gasteiger partial charge in [-0.1, -0.05) is 91.1 Å². The van der Waals surface area contributed by atoms with Crippen molar-refractivity contribution in [1.82, 2.24) is 0 Å². The zero-order valence-corrected chi connectivity index (χ0v) is 20.0. The summed E-state index contributed by atoms with van der Waals surface area (Å²) in [6, 6.07) is 33.1. The van der Waals surface area contributed by atoms with Crippen LogP contribution in [0.4, 0.5) is 0 Å². The number of hydrogen-bond donors (Lipinski definition) is 0. The Bertz CT molecular complexity index is 921. The SMILES string of the molecule is C(=CC[P+](c1ccccc1)(c1ccccc1)c1ccccc1)C=C1C=CCC=C1.[I-]. The fraction of sp³-hybridized carbons (Fsp3) is 0.0714. The van der Waals surface area contributed by atoms with Gasteiger partial charge in [-0.05, 0) is 54.5 Å². The van der Waals surface area contributed by atoms with Crippen LogP contribution >= 0.6 is 7.26 Å². The maximum absolute atomic E-state index is 2.35. The van der Waals surface area contributed by atoms with E-state index in [-0.39, 0.29) is 24.0 Å². The molecular weight excluding hydrogens is 494 g/mol. The van der Waals surface area contributed by atoms with Crippen LogP contribution in [0.15, 0.2) is 139 Å². The Hall–Kier alpha value is -2.22. The number of hydrogen-bond acceptors (Lipinski definition) is 0. The molecule has 0 amide bonds. The van der Waals surface area contributed by atoms with Crippen molar-refractivity contribution in [3.05, 3.63) is 139 Å². The predicted octanol–water partition coefficient (Wildman–Crippen LogP) is 2.98. The molecule has 1 aliphatic rings. The summed E-state index contributed by atoms with van der Waals surface area (Å²) in [5, 5.41) is 4.27. The Balaban J connectivity index is 0.00000256. The van der Waals surface area contributed by atoms with E-state index in [1.54, 1.807) is 0 Å². The third-order valence-electron chi connectivity index (χ3n) is 5.29. The zero-order chi connectivity index (χ0) is 19.8. The lowest BCUT2D eigenvalue weighted by atomic mass is 10.1. The molecule has 2 heteroatoms. The monoisotopic (exact) mass is 520 g/mol. The summed E-state index contributed by atoms with van der Waals surface area (Å²) in [6.45, 7) is 0. The summed E-state index contributed by atoms with van der Waals surface area (Å²) in [5.41, 5.74) is 1.26. The summed E-state index contributed by atoms with van der Waals surface area (Å²) in [5.74, 6) is 0. The van der Waals surface area contributed by atoms with Gasteiger partial charge in [0.15, 0.2) is 0 Å². The highest BCUT2D eigenvalue weighted by Gasteiger charge is 2.43. The molecule has 0 saturated carbocycles. The van der Waals surface area contributed by atoms with Crippen molar-refractivity contribution in [1.29, 1.82) is 0 Å². The van der Waals surface area contributed by atoms with Crippen LogP contribution in [0.25, 0.3) is 0 Å². The second-order valence-corrected chi connectivity index (χ2v) is 10.7. The summed E-state index contributed by atoms with van der Waals surface area (Å²) >= 11 is 0. The van der Waals surface area contributed by atoms with E-state index in [4.69, 9.17) is 0 Å². The van der Waals surface area contributed by atoms with E-state index in [1.807, 2.05) is 0 Å². The van der Waals surface area contributed by atoms with Crippen LogP contribution in [0.1, 0.15) is 6.42 Å². The third-order valence-corrected chi connectivity index (χ3v) is 9.59. The van der Waals surface area contributed by atoms with Crippen molar-refractivity contribution >= 4 is 23.2 Å². The van der Waals surface area contributed by atoms with Crippen molar-refractivity contribution in [2.45, 2.75) is 6.42 Å². The summed E-state index contributed by atoms with van der Waals surface area (Å²) in [6.07, 6.45) is 17.6. The second kappa shape index (κ2) is 11.2. The van der Waals surface area contributed by atoms with Crippen molar-refractivity contribution in [3.63, 3.8) is 0 Å². The molecule has 30 heavy (non-hydrogen) atoms. The third kappa shape index (κ3) is 5.09. The van der Waals surface area contributed by atoms with Crippen molar-refractivity contribution in [2.75, 3.05) is 6.16 Å². The maximum atomic E-state index is 2.35. The quantitative estimate of drug-likeness (QED) is 0.347. The molecule has 0 fully saturated rings. The number of rotatable bonds is 6. The fourth-order valence-electron chi connectivity index (χ4n) is 3.86. The van der Waals surface area contributed by atoms with E-state index in [0.717, 1.165) is 12.6 Å². The van der Waals surface area contributed by atoms with Gasteiger partial charge in [0.05, 0.1) is 6.16 Å². The van der Waals surface area contributed by atoms with Crippen LogP contribution in [-0.2, 0) is 0 Å². The van der Waals surface area contributed by atoms with Crippen LogP contribution in [0.5, 0.6) is 0 Å². The van der Waals surface area contributed by atoms with Gasteiger partial charge in [-0.3, -0.25) is 0 Å². The van der Waals surface area contributed by atoms with Gasteiger partial charge in [0.1, 0.15) is 23.2 Å². The van der Waals surface area contributed by atoms with Gasteiger partial charge < -0.3 is 24.0 Å². The molecule has 1 aliphatic carbocycles. The first-order chi connectivity index (χ1) is 14.4. The van der Waals surface area contributed by atoms with E-state index in [1.165, 1.54) is 21.5 Å². The van der Waals surface area contributed by atoms with E-state index >= 15 is 0 Å². The van der Waals surface area contributed by atoms with E-state index in [0.29, 0.717) is 0 Å². The lowest BCUT2D eigenvalue weighted by Gasteiger charge is -2.26. The molecule has 0 N–H and O–H groups in total. The summed E-state index contributed by atoms with van der Waals surface area (Å²) < 4.78 is 0. The molecule has 0 atom stereocenters. The lowest BCUT2D eigenvalue weighted by molar-refractivity contribution is -0.00000554. The molecule has 3 aromatic carbocycles. The first kappa shape index (κ1) is 22.5. The topological polar surface area (TPSA) is 0 Å². The molecule has 0 spiro atoms. The lowest BCUT2D eigenvalue weighted by Crippen LogP contribution is -3.00. The maximum Gasteiger partial charge on any atom is 0.115 e. The van der Waals surface area contributed by atoms with Crippen molar-refractivity contribution in [3.8, 4) is 0 Å². The second-order valence-electron chi connectivity index (χ2n) is 7.13. The van der Waals surface area contributed by atoms with Crippen LogP contribution in [0.3, 0.4) is 0 Å². The zero-order valence-electron chi connectivity index (χ0n) is 16.9. The number of halogens is 1. The van der Waals surface area contributed by atoms with Crippen molar-refractivity contribution < 1.29 is 24.0 Å². The number of allylic oxidation sites excluding steroid dienone is 8. The summed E-state index contributed by atoms with van der Waals surface area (Å²) in [7, 11) is -1.78. The highest BCUT2D eigenvalue weighted by Crippen LogP contribution is 2.55. The fourth-order valence-corrected chi connectivity index (χ4v) is 7.87. The molecule has 150 valence electrons. The highest BCUT2D eigenvalue weighted by molar-refractivity contribution is 7.95. The normalized spacial score (nSPS) is 13.3. The van der Waals surface area contributed by atoms with Gasteiger partial charge in [0.25, 0.3) is 0 Å². The van der Waals surface area contributed by atoms with Crippen LogP contribution in [-0.4, -0.2) is 6.16 Å². The molecule has 0 nitrogen and oxygen atoms in total. The minimum atomic E-state index is -1.78. The summed E-state index contributed by atoms with van der Waals surface area (Å²) in [4.78, 5) is 0. The van der Waals surface area contributed by atoms with Crippen molar-refractivity contribution in [2.24, 2.45) is 0 Å². The molecule has 3 aromatic rings. The predicted molar refractivity (Wildman–Crippen MR) is 130 cm³/mol. The van der Waals surface area contributed by atoms with Gasteiger partial charge in [0.2, 0.25) is 0 Å². The Kier molecular flexibility index (Phi) is 8.42. The smallest absolute Gasteiger partial charge is 0.115 e. The molecular formula is C28H26IP. The molecule has 0 heterocycles.